The van der Waals surface area contributed by atoms with Crippen LogP contribution in [0.15, 0.2) is 29.8 Å². The SMILES string of the molecule is CC(=O)OCC#Cc1cc2nc(N3CCC(N(C)C(=O)c4cc(CF)cs4)CC3)cnc2cc1Cl. The van der Waals surface area contributed by atoms with Gasteiger partial charge in [0.2, 0.25) is 0 Å². The maximum Gasteiger partial charge on any atom is 0.303 e. The third kappa shape index (κ3) is 5.89. The molecule has 1 aliphatic rings. The number of carbonyl (C=O) groups is 2. The average Bonchev–Trinajstić information content (AvgIpc) is 3.35. The Balaban J connectivity index is 1.43. The third-order valence-corrected chi connectivity index (χ3v) is 7.14. The van der Waals surface area contributed by atoms with E-state index in [2.05, 4.69) is 21.7 Å². The van der Waals surface area contributed by atoms with Gasteiger partial charge in [-0.05, 0) is 42.0 Å². The Kier molecular flexibility index (Phi) is 7.83. The van der Waals surface area contributed by atoms with Crippen LogP contribution in [0.4, 0.5) is 10.2 Å². The minimum absolute atomic E-state index is 0.00912. The predicted molar refractivity (Wildman–Crippen MR) is 135 cm³/mol. The highest BCUT2D eigenvalue weighted by atomic mass is 35.5. The molecule has 7 nitrogen and oxygen atoms in total. The van der Waals surface area contributed by atoms with Crippen LogP contribution < -0.4 is 4.90 Å². The number of fused-ring (bicyclic) bond motifs is 1. The lowest BCUT2D eigenvalue weighted by atomic mass is 10.0. The molecule has 2 aromatic heterocycles. The largest absolute Gasteiger partial charge is 0.453 e. The molecule has 182 valence electrons. The highest BCUT2D eigenvalue weighted by molar-refractivity contribution is 7.12. The summed E-state index contributed by atoms with van der Waals surface area (Å²) in [7, 11) is 1.81. The summed E-state index contributed by atoms with van der Waals surface area (Å²) < 4.78 is 17.7. The molecule has 35 heavy (non-hydrogen) atoms. The van der Waals surface area contributed by atoms with E-state index in [1.165, 1.54) is 18.3 Å². The number of ether oxygens (including phenoxy) is 1. The van der Waals surface area contributed by atoms with E-state index in [1.807, 2.05) is 0 Å². The molecule has 1 fully saturated rings. The zero-order valence-electron chi connectivity index (χ0n) is 19.4. The first-order valence-corrected chi connectivity index (χ1v) is 12.4. The van der Waals surface area contributed by atoms with Crippen LogP contribution in [0.1, 0.15) is 40.6 Å². The second-order valence-electron chi connectivity index (χ2n) is 8.22. The number of piperidine rings is 1. The predicted octanol–water partition coefficient (Wildman–Crippen LogP) is 4.47. The summed E-state index contributed by atoms with van der Waals surface area (Å²) in [5.41, 5.74) is 2.45. The normalized spacial score (nSPS) is 13.9. The van der Waals surface area contributed by atoms with Crippen molar-refractivity contribution in [1.29, 1.82) is 0 Å². The Bertz CT molecular complexity index is 1310. The number of alkyl halides is 1. The molecular weight excluding hydrogens is 491 g/mol. The standard InChI is InChI=1S/C25H24ClFN4O3S/c1-16(32)34-9-3-4-18-11-22-21(12-20(18)26)28-14-24(29-22)31-7-5-19(6-8-31)30(2)25(33)23-10-17(13-27)15-35-23/h10-12,14-15,19H,5-9,13H2,1-2H3. The minimum Gasteiger partial charge on any atom is -0.453 e. The molecule has 3 heterocycles. The first-order valence-electron chi connectivity index (χ1n) is 11.1. The Morgan fingerprint density at radius 1 is 1.29 bits per heavy atom. The van der Waals surface area contributed by atoms with Gasteiger partial charge in [-0.25, -0.2) is 9.37 Å². The molecule has 0 spiro atoms. The number of nitrogens with zero attached hydrogens (tertiary/aromatic N) is 4. The molecule has 0 bridgehead atoms. The van der Waals surface area contributed by atoms with E-state index in [-0.39, 0.29) is 18.6 Å². The van der Waals surface area contributed by atoms with Crippen LogP contribution in [0, 0.1) is 11.8 Å². The maximum absolute atomic E-state index is 12.8. The van der Waals surface area contributed by atoms with Gasteiger partial charge in [0.25, 0.3) is 5.91 Å². The third-order valence-electron chi connectivity index (χ3n) is 5.86. The minimum atomic E-state index is -0.562. The van der Waals surface area contributed by atoms with Gasteiger partial charge >= 0.3 is 5.97 Å². The molecule has 1 amide bonds. The first-order chi connectivity index (χ1) is 16.9. The number of anilines is 1. The zero-order chi connectivity index (χ0) is 24.9. The van der Waals surface area contributed by atoms with Gasteiger partial charge in [0.15, 0.2) is 6.61 Å². The fourth-order valence-electron chi connectivity index (χ4n) is 3.92. The summed E-state index contributed by atoms with van der Waals surface area (Å²) in [5, 5.41) is 2.14. The van der Waals surface area contributed by atoms with Gasteiger partial charge in [-0.15, -0.1) is 11.3 Å². The van der Waals surface area contributed by atoms with Crippen LogP contribution in [0.2, 0.25) is 5.02 Å². The summed E-state index contributed by atoms with van der Waals surface area (Å²) in [5.74, 6) is 5.96. The van der Waals surface area contributed by atoms with Crippen LogP contribution in [0.5, 0.6) is 0 Å². The van der Waals surface area contributed by atoms with Gasteiger partial charge in [-0.3, -0.25) is 14.6 Å². The molecule has 0 N–H and O–H groups in total. The van der Waals surface area contributed by atoms with E-state index in [9.17, 15) is 14.0 Å². The van der Waals surface area contributed by atoms with Crippen molar-refractivity contribution in [2.45, 2.75) is 32.5 Å². The second kappa shape index (κ2) is 11.0. The number of carbonyl (C=O) groups excluding carboxylic acids is 2. The number of rotatable bonds is 5. The second-order valence-corrected chi connectivity index (χ2v) is 9.54. The topological polar surface area (TPSA) is 75.6 Å². The van der Waals surface area contributed by atoms with Gasteiger partial charge in [-0.1, -0.05) is 23.4 Å². The fraction of sp³-hybridized carbons (Fsp3) is 0.360. The molecule has 0 saturated carbocycles. The smallest absolute Gasteiger partial charge is 0.303 e. The lowest BCUT2D eigenvalue weighted by Gasteiger charge is -2.37. The maximum atomic E-state index is 12.8. The summed E-state index contributed by atoms with van der Waals surface area (Å²) in [6.07, 6.45) is 3.30. The lowest BCUT2D eigenvalue weighted by molar-refractivity contribution is -0.139. The number of hydrogen-bond donors (Lipinski definition) is 0. The Morgan fingerprint density at radius 2 is 2.06 bits per heavy atom. The molecule has 0 unspecified atom stereocenters. The molecule has 3 aromatic rings. The number of hydrogen-bond acceptors (Lipinski definition) is 7. The molecular formula is C25H24ClFN4O3S. The van der Waals surface area contributed by atoms with E-state index in [0.29, 0.717) is 32.1 Å². The summed E-state index contributed by atoms with van der Waals surface area (Å²) in [4.78, 5) is 37.4. The molecule has 4 rings (SSSR count). The quantitative estimate of drug-likeness (QED) is 0.369. The first kappa shape index (κ1) is 24.9. The fourth-order valence-corrected chi connectivity index (χ4v) is 5.00. The number of amides is 1. The molecule has 0 atom stereocenters. The molecule has 10 heteroatoms. The van der Waals surface area contributed by atoms with Crippen LogP contribution in [0.3, 0.4) is 0 Å². The van der Waals surface area contributed by atoms with Crippen LogP contribution in [-0.4, -0.2) is 59.5 Å². The number of aromatic nitrogens is 2. The van der Waals surface area contributed by atoms with Crippen molar-refractivity contribution < 1.29 is 18.7 Å². The van der Waals surface area contributed by atoms with Gasteiger partial charge < -0.3 is 14.5 Å². The molecule has 1 saturated heterocycles. The van der Waals surface area contributed by atoms with Crippen molar-refractivity contribution in [2.75, 3.05) is 31.6 Å². The van der Waals surface area contributed by atoms with Crippen LogP contribution >= 0.6 is 22.9 Å². The van der Waals surface area contributed by atoms with Crippen LogP contribution in [0.25, 0.3) is 11.0 Å². The van der Waals surface area contributed by atoms with E-state index < -0.39 is 12.6 Å². The van der Waals surface area contributed by atoms with E-state index in [1.54, 1.807) is 41.7 Å². The van der Waals surface area contributed by atoms with Gasteiger partial charge in [0.1, 0.15) is 12.5 Å². The van der Waals surface area contributed by atoms with Crippen molar-refractivity contribution in [3.63, 3.8) is 0 Å². The van der Waals surface area contributed by atoms with E-state index in [4.69, 9.17) is 21.3 Å². The molecule has 1 aliphatic heterocycles. The van der Waals surface area contributed by atoms with Crippen molar-refractivity contribution in [3.05, 3.63) is 50.8 Å². The van der Waals surface area contributed by atoms with Crippen molar-refractivity contribution in [2.24, 2.45) is 0 Å². The Hall–Kier alpha value is -3.22. The van der Waals surface area contributed by atoms with Gasteiger partial charge in [-0.2, -0.15) is 0 Å². The number of thiophene rings is 1. The zero-order valence-corrected chi connectivity index (χ0v) is 21.0. The van der Waals surface area contributed by atoms with Crippen LogP contribution in [-0.2, 0) is 16.2 Å². The van der Waals surface area contributed by atoms with Crippen molar-refractivity contribution in [3.8, 4) is 11.8 Å². The number of halogens is 2. The molecule has 1 aromatic carbocycles. The summed E-state index contributed by atoms with van der Waals surface area (Å²) >= 11 is 7.60. The lowest BCUT2D eigenvalue weighted by Crippen LogP contribution is -2.45. The Labute approximate surface area is 211 Å². The highest BCUT2D eigenvalue weighted by Gasteiger charge is 2.27. The van der Waals surface area contributed by atoms with E-state index in [0.717, 1.165) is 31.7 Å². The summed E-state index contributed by atoms with van der Waals surface area (Å²) in [6.45, 7) is 2.21. The number of esters is 1. The van der Waals surface area contributed by atoms with Gasteiger partial charge in [0.05, 0.1) is 27.1 Å². The van der Waals surface area contributed by atoms with E-state index >= 15 is 0 Å². The molecule has 0 aliphatic carbocycles. The van der Waals surface area contributed by atoms with Gasteiger partial charge in [0, 0.05) is 38.7 Å². The Morgan fingerprint density at radius 3 is 2.74 bits per heavy atom. The van der Waals surface area contributed by atoms with Crippen molar-refractivity contribution >= 4 is 51.7 Å². The average molecular weight is 515 g/mol. The summed E-state index contributed by atoms with van der Waals surface area (Å²) in [6, 6.07) is 5.22. The molecule has 0 radical (unpaired) electrons. The van der Waals surface area contributed by atoms with Crippen molar-refractivity contribution in [1.82, 2.24) is 14.9 Å². The number of benzene rings is 1. The monoisotopic (exact) mass is 514 g/mol. The highest BCUT2D eigenvalue weighted by Crippen LogP contribution is 2.26.